The van der Waals surface area contributed by atoms with Gasteiger partial charge in [-0.2, -0.15) is 0 Å². The molecule has 2 bridgehead atoms. The highest BCUT2D eigenvalue weighted by Crippen LogP contribution is 2.49. The molecule has 4 heteroatoms. The fourth-order valence-corrected chi connectivity index (χ4v) is 4.55. The van der Waals surface area contributed by atoms with E-state index in [9.17, 15) is 4.79 Å². The van der Waals surface area contributed by atoms with Crippen LogP contribution in [-0.4, -0.2) is 12.1 Å². The summed E-state index contributed by atoms with van der Waals surface area (Å²) >= 11 is 3.44. The van der Waals surface area contributed by atoms with Gasteiger partial charge in [0.15, 0.2) is 0 Å². The average molecular weight is 351 g/mol. The Balaban J connectivity index is 1.46. The van der Waals surface area contributed by atoms with Gasteiger partial charge in [0.05, 0.1) is 0 Å². The number of rotatable bonds is 4. The third kappa shape index (κ3) is 3.60. The zero-order chi connectivity index (χ0) is 14.8. The third-order valence-corrected chi connectivity index (χ3v) is 5.63. The minimum atomic E-state index is -0.0507. The Kier molecular flexibility index (Phi) is 4.53. The molecule has 2 aliphatic rings. The van der Waals surface area contributed by atoms with Gasteiger partial charge in [-0.25, -0.2) is 4.79 Å². The van der Waals surface area contributed by atoms with E-state index >= 15 is 0 Å². The van der Waals surface area contributed by atoms with Crippen molar-refractivity contribution < 1.29 is 4.79 Å². The van der Waals surface area contributed by atoms with Gasteiger partial charge in [0.25, 0.3) is 0 Å². The van der Waals surface area contributed by atoms with E-state index in [4.69, 9.17) is 0 Å². The summed E-state index contributed by atoms with van der Waals surface area (Å²) in [7, 11) is 0. The van der Waals surface area contributed by atoms with Crippen molar-refractivity contribution in [1.82, 2.24) is 10.6 Å². The van der Waals surface area contributed by atoms with Crippen LogP contribution in [0.25, 0.3) is 0 Å². The van der Waals surface area contributed by atoms with Gasteiger partial charge in [0.1, 0.15) is 0 Å². The molecule has 0 aromatic heterocycles. The van der Waals surface area contributed by atoms with Crippen LogP contribution in [0.5, 0.6) is 0 Å². The second-order valence-electron chi connectivity index (χ2n) is 6.58. The lowest BCUT2D eigenvalue weighted by atomic mass is 9.84. The van der Waals surface area contributed by atoms with Crippen LogP contribution in [0.15, 0.2) is 28.7 Å². The molecule has 2 aliphatic carbocycles. The number of carbonyl (C=O) groups excluding carboxylic acids is 1. The zero-order valence-corrected chi connectivity index (χ0v) is 14.0. The third-order valence-electron chi connectivity index (χ3n) is 5.14. The first-order valence-corrected chi connectivity index (χ1v) is 8.70. The summed E-state index contributed by atoms with van der Waals surface area (Å²) in [5.74, 6) is 2.45. The Morgan fingerprint density at radius 1 is 1.38 bits per heavy atom. The molecule has 2 fully saturated rings. The van der Waals surface area contributed by atoms with E-state index in [1.807, 2.05) is 24.3 Å². The first kappa shape index (κ1) is 14.9. The second-order valence-corrected chi connectivity index (χ2v) is 7.50. The van der Waals surface area contributed by atoms with Crippen LogP contribution in [0.4, 0.5) is 4.79 Å². The Labute approximate surface area is 135 Å². The number of halogens is 1. The molecule has 2 saturated carbocycles. The lowest BCUT2D eigenvalue weighted by Crippen LogP contribution is -2.45. The van der Waals surface area contributed by atoms with Crippen LogP contribution in [0.2, 0.25) is 0 Å². The number of fused-ring (bicyclic) bond motifs is 2. The molecule has 4 atom stereocenters. The standard InChI is InChI=1S/C17H23BrN2O/c1-11(16-9-12-5-6-14(16)7-12)20-17(21)19-10-13-3-2-4-15(18)8-13/h2-4,8,11-12,14,16H,5-7,9-10H2,1H3,(H2,19,20,21). The van der Waals surface area contributed by atoms with E-state index in [2.05, 4.69) is 33.5 Å². The van der Waals surface area contributed by atoms with Gasteiger partial charge in [-0.3, -0.25) is 0 Å². The smallest absolute Gasteiger partial charge is 0.315 e. The highest BCUT2D eigenvalue weighted by molar-refractivity contribution is 9.10. The predicted molar refractivity (Wildman–Crippen MR) is 87.9 cm³/mol. The SMILES string of the molecule is CC(NC(=O)NCc1cccc(Br)c1)C1CC2CCC1C2. The number of nitrogens with one attached hydrogen (secondary N) is 2. The molecule has 4 unspecified atom stereocenters. The molecule has 0 heterocycles. The normalized spacial score (nSPS) is 28.4. The number of carbonyl (C=O) groups is 1. The van der Waals surface area contributed by atoms with Crippen molar-refractivity contribution in [2.75, 3.05) is 0 Å². The predicted octanol–water partition coefficient (Wildman–Crippen LogP) is 4.07. The van der Waals surface area contributed by atoms with Gasteiger partial charge >= 0.3 is 6.03 Å². The minimum absolute atomic E-state index is 0.0507. The van der Waals surface area contributed by atoms with Crippen LogP contribution in [0, 0.1) is 17.8 Å². The summed E-state index contributed by atoms with van der Waals surface area (Å²) in [6, 6.07) is 8.25. The van der Waals surface area contributed by atoms with Crippen molar-refractivity contribution in [1.29, 1.82) is 0 Å². The average Bonchev–Trinajstić information content (AvgIpc) is 3.08. The molecule has 114 valence electrons. The van der Waals surface area contributed by atoms with Crippen molar-refractivity contribution in [2.45, 2.75) is 45.2 Å². The van der Waals surface area contributed by atoms with Crippen molar-refractivity contribution >= 4 is 22.0 Å². The molecule has 2 N–H and O–H groups in total. The summed E-state index contributed by atoms with van der Waals surface area (Å²) in [4.78, 5) is 12.0. The molecule has 0 saturated heterocycles. The first-order valence-electron chi connectivity index (χ1n) is 7.90. The number of hydrogen-bond acceptors (Lipinski definition) is 1. The molecule has 0 radical (unpaired) electrons. The maximum Gasteiger partial charge on any atom is 0.315 e. The molecule has 1 aromatic carbocycles. The van der Waals surface area contributed by atoms with E-state index in [0.29, 0.717) is 12.5 Å². The molecule has 0 spiro atoms. The summed E-state index contributed by atoms with van der Waals surface area (Å²) < 4.78 is 1.04. The van der Waals surface area contributed by atoms with E-state index in [-0.39, 0.29) is 12.1 Å². The number of benzene rings is 1. The summed E-state index contributed by atoms with van der Waals surface area (Å²) in [6.07, 6.45) is 5.46. The second kappa shape index (κ2) is 6.39. The van der Waals surface area contributed by atoms with Crippen molar-refractivity contribution in [3.05, 3.63) is 34.3 Å². The summed E-state index contributed by atoms with van der Waals surface area (Å²) in [5.41, 5.74) is 1.10. The molecular formula is C17H23BrN2O. The molecule has 3 rings (SSSR count). The fraction of sp³-hybridized carbons (Fsp3) is 0.588. The molecule has 3 nitrogen and oxygen atoms in total. The van der Waals surface area contributed by atoms with Gasteiger partial charge in [-0.1, -0.05) is 34.5 Å². The topological polar surface area (TPSA) is 41.1 Å². The lowest BCUT2D eigenvalue weighted by Gasteiger charge is -2.28. The van der Waals surface area contributed by atoms with Crippen LogP contribution in [-0.2, 0) is 6.54 Å². The molecule has 2 amide bonds. The Bertz CT molecular complexity index is 519. The van der Waals surface area contributed by atoms with Gasteiger partial charge in [-0.15, -0.1) is 0 Å². The molecular weight excluding hydrogens is 328 g/mol. The molecule has 1 aromatic rings. The highest BCUT2D eigenvalue weighted by atomic mass is 79.9. The first-order chi connectivity index (χ1) is 10.1. The monoisotopic (exact) mass is 350 g/mol. The van der Waals surface area contributed by atoms with Gasteiger partial charge < -0.3 is 10.6 Å². The number of amides is 2. The van der Waals surface area contributed by atoms with E-state index in [1.54, 1.807) is 0 Å². The van der Waals surface area contributed by atoms with E-state index < -0.39 is 0 Å². The minimum Gasteiger partial charge on any atom is -0.335 e. The lowest BCUT2D eigenvalue weighted by molar-refractivity contribution is 0.220. The van der Waals surface area contributed by atoms with Crippen molar-refractivity contribution in [3.63, 3.8) is 0 Å². The molecule has 0 aliphatic heterocycles. The van der Waals surface area contributed by atoms with Crippen molar-refractivity contribution in [3.8, 4) is 0 Å². The fourth-order valence-electron chi connectivity index (χ4n) is 4.10. The highest BCUT2D eigenvalue weighted by Gasteiger charge is 2.42. The Hall–Kier alpha value is -1.03. The largest absolute Gasteiger partial charge is 0.335 e. The quantitative estimate of drug-likeness (QED) is 0.844. The van der Waals surface area contributed by atoms with Crippen LogP contribution in [0.1, 0.15) is 38.2 Å². The van der Waals surface area contributed by atoms with E-state index in [1.165, 1.54) is 25.7 Å². The van der Waals surface area contributed by atoms with Gasteiger partial charge in [-0.05, 0) is 61.6 Å². The van der Waals surface area contributed by atoms with Crippen LogP contribution in [0.3, 0.4) is 0 Å². The van der Waals surface area contributed by atoms with Gasteiger partial charge in [0, 0.05) is 17.1 Å². The maximum atomic E-state index is 12.0. The van der Waals surface area contributed by atoms with Crippen LogP contribution >= 0.6 is 15.9 Å². The maximum absolute atomic E-state index is 12.0. The summed E-state index contributed by atoms with van der Waals surface area (Å²) in [6.45, 7) is 2.72. The zero-order valence-electron chi connectivity index (χ0n) is 12.4. The van der Waals surface area contributed by atoms with Gasteiger partial charge in [0.2, 0.25) is 0 Å². The van der Waals surface area contributed by atoms with E-state index in [0.717, 1.165) is 21.9 Å². The summed E-state index contributed by atoms with van der Waals surface area (Å²) in [5, 5.41) is 6.08. The van der Waals surface area contributed by atoms with Crippen molar-refractivity contribution in [2.24, 2.45) is 17.8 Å². The Morgan fingerprint density at radius 2 is 2.24 bits per heavy atom. The number of urea groups is 1. The van der Waals surface area contributed by atoms with Crippen LogP contribution < -0.4 is 10.6 Å². The Morgan fingerprint density at radius 3 is 2.90 bits per heavy atom. The number of hydrogen-bond donors (Lipinski definition) is 2. The molecule has 21 heavy (non-hydrogen) atoms.